The zero-order chi connectivity index (χ0) is 17.3. The van der Waals surface area contributed by atoms with Crippen LogP contribution in [0.3, 0.4) is 0 Å². The van der Waals surface area contributed by atoms with Crippen LogP contribution in [0, 0.1) is 11.8 Å². The molecule has 24 heavy (non-hydrogen) atoms. The lowest BCUT2D eigenvalue weighted by atomic mass is 10.2. The number of carbonyl (C=O) groups is 1. The SMILES string of the molecule is CC#Cc1ccc2nc([C@@H]3CCCN3C(=O)OC(C)(C)C)[nH]c2c1. The van der Waals surface area contributed by atoms with Crippen LogP contribution in [0.1, 0.15) is 58.0 Å². The number of H-pyrrole nitrogens is 1. The van der Waals surface area contributed by atoms with Gasteiger partial charge < -0.3 is 9.72 Å². The number of amides is 1. The zero-order valence-electron chi connectivity index (χ0n) is 14.6. The standard InChI is InChI=1S/C19H23N3O2/c1-5-7-13-9-10-14-15(12-13)21-17(20-14)16-8-6-11-22(16)18(23)24-19(2,3)4/h9-10,12,16H,6,8,11H2,1-4H3,(H,20,21)/t16-/m0/s1. The number of ether oxygens (including phenoxy) is 1. The topological polar surface area (TPSA) is 58.2 Å². The lowest BCUT2D eigenvalue weighted by Gasteiger charge is -2.27. The summed E-state index contributed by atoms with van der Waals surface area (Å²) >= 11 is 0. The molecule has 0 spiro atoms. The van der Waals surface area contributed by atoms with Crippen LogP contribution in [-0.2, 0) is 4.74 Å². The van der Waals surface area contributed by atoms with Gasteiger partial charge in [0.2, 0.25) is 0 Å². The molecule has 1 aromatic carbocycles. The number of hydrogen-bond donors (Lipinski definition) is 1. The van der Waals surface area contributed by atoms with Crippen molar-refractivity contribution in [2.24, 2.45) is 0 Å². The van der Waals surface area contributed by atoms with E-state index >= 15 is 0 Å². The fourth-order valence-corrected chi connectivity index (χ4v) is 3.00. The molecule has 1 atom stereocenters. The normalized spacial score (nSPS) is 17.7. The van der Waals surface area contributed by atoms with Gasteiger partial charge >= 0.3 is 6.09 Å². The van der Waals surface area contributed by atoms with Crippen LogP contribution in [0.2, 0.25) is 0 Å². The molecule has 1 aromatic heterocycles. The molecule has 0 bridgehead atoms. The Morgan fingerprint density at radius 2 is 2.21 bits per heavy atom. The van der Waals surface area contributed by atoms with Gasteiger partial charge in [0.25, 0.3) is 0 Å². The number of likely N-dealkylation sites (tertiary alicyclic amines) is 1. The maximum absolute atomic E-state index is 12.4. The van der Waals surface area contributed by atoms with Gasteiger partial charge in [0.05, 0.1) is 17.1 Å². The fourth-order valence-electron chi connectivity index (χ4n) is 3.00. The number of aromatic amines is 1. The molecule has 1 aliphatic rings. The quantitative estimate of drug-likeness (QED) is 0.806. The highest BCUT2D eigenvalue weighted by atomic mass is 16.6. The molecule has 0 aliphatic carbocycles. The van der Waals surface area contributed by atoms with Gasteiger partial charge in [0, 0.05) is 12.1 Å². The maximum atomic E-state index is 12.4. The number of aromatic nitrogens is 2. The molecule has 0 unspecified atom stereocenters. The van der Waals surface area contributed by atoms with Gasteiger partial charge in [0.15, 0.2) is 0 Å². The molecule has 5 nitrogen and oxygen atoms in total. The molecule has 2 aromatic rings. The minimum Gasteiger partial charge on any atom is -0.444 e. The van der Waals surface area contributed by atoms with Gasteiger partial charge in [-0.3, -0.25) is 4.90 Å². The molecular formula is C19H23N3O2. The van der Waals surface area contributed by atoms with Crippen molar-refractivity contribution < 1.29 is 9.53 Å². The van der Waals surface area contributed by atoms with E-state index in [-0.39, 0.29) is 12.1 Å². The van der Waals surface area contributed by atoms with Crippen molar-refractivity contribution in [2.75, 3.05) is 6.54 Å². The van der Waals surface area contributed by atoms with Crippen LogP contribution in [0.25, 0.3) is 11.0 Å². The number of carbonyl (C=O) groups excluding carboxylic acids is 1. The molecule has 1 aliphatic heterocycles. The van der Waals surface area contributed by atoms with E-state index in [1.54, 1.807) is 4.90 Å². The number of nitrogens with one attached hydrogen (secondary N) is 1. The second-order valence-corrected chi connectivity index (χ2v) is 7.06. The Morgan fingerprint density at radius 3 is 2.92 bits per heavy atom. The van der Waals surface area contributed by atoms with E-state index in [2.05, 4.69) is 21.8 Å². The molecule has 0 saturated carbocycles. The predicted molar refractivity (Wildman–Crippen MR) is 93.6 cm³/mol. The van der Waals surface area contributed by atoms with Crippen LogP contribution in [0.15, 0.2) is 18.2 Å². The van der Waals surface area contributed by atoms with Gasteiger partial charge in [-0.1, -0.05) is 5.92 Å². The van der Waals surface area contributed by atoms with Gasteiger partial charge in [-0.15, -0.1) is 5.92 Å². The van der Waals surface area contributed by atoms with E-state index in [1.807, 2.05) is 45.9 Å². The smallest absolute Gasteiger partial charge is 0.410 e. The Balaban J connectivity index is 1.87. The second kappa shape index (κ2) is 6.20. The first-order valence-electron chi connectivity index (χ1n) is 8.29. The van der Waals surface area contributed by atoms with Crippen molar-refractivity contribution in [1.29, 1.82) is 0 Å². The molecule has 3 rings (SSSR count). The van der Waals surface area contributed by atoms with E-state index in [4.69, 9.17) is 4.74 Å². The molecule has 1 amide bonds. The average molecular weight is 325 g/mol. The Morgan fingerprint density at radius 1 is 1.42 bits per heavy atom. The first-order chi connectivity index (χ1) is 11.4. The van der Waals surface area contributed by atoms with Crippen molar-refractivity contribution in [3.63, 3.8) is 0 Å². The van der Waals surface area contributed by atoms with Crippen molar-refractivity contribution in [3.8, 4) is 11.8 Å². The summed E-state index contributed by atoms with van der Waals surface area (Å²) in [6.45, 7) is 8.16. The minimum absolute atomic E-state index is 0.0621. The van der Waals surface area contributed by atoms with Crippen LogP contribution in [0.4, 0.5) is 4.79 Å². The zero-order valence-corrected chi connectivity index (χ0v) is 14.6. The molecule has 1 saturated heterocycles. The predicted octanol–water partition coefficient (Wildman–Crippen LogP) is 4.01. The maximum Gasteiger partial charge on any atom is 0.410 e. The fraction of sp³-hybridized carbons (Fsp3) is 0.474. The molecule has 1 N–H and O–H groups in total. The average Bonchev–Trinajstić information content (AvgIpc) is 3.11. The molecule has 0 radical (unpaired) electrons. The van der Waals surface area contributed by atoms with E-state index in [1.165, 1.54) is 0 Å². The number of nitrogens with zero attached hydrogens (tertiary/aromatic N) is 2. The van der Waals surface area contributed by atoms with Crippen LogP contribution in [0.5, 0.6) is 0 Å². The summed E-state index contributed by atoms with van der Waals surface area (Å²) in [6.07, 6.45) is 1.57. The van der Waals surface area contributed by atoms with Gasteiger partial charge in [-0.2, -0.15) is 0 Å². The van der Waals surface area contributed by atoms with Gasteiger partial charge in [0.1, 0.15) is 11.4 Å². The van der Waals surface area contributed by atoms with Crippen molar-refractivity contribution in [2.45, 2.75) is 52.2 Å². The molecule has 126 valence electrons. The highest BCUT2D eigenvalue weighted by Gasteiger charge is 2.34. The van der Waals surface area contributed by atoms with E-state index in [0.29, 0.717) is 6.54 Å². The minimum atomic E-state index is -0.494. The summed E-state index contributed by atoms with van der Waals surface area (Å²) in [5.74, 6) is 6.76. The van der Waals surface area contributed by atoms with Gasteiger partial charge in [-0.25, -0.2) is 9.78 Å². The summed E-state index contributed by atoms with van der Waals surface area (Å²) in [6, 6.07) is 5.86. The van der Waals surface area contributed by atoms with E-state index < -0.39 is 5.60 Å². The number of fused-ring (bicyclic) bond motifs is 1. The molecular weight excluding hydrogens is 302 g/mol. The number of rotatable bonds is 1. The highest BCUT2D eigenvalue weighted by Crippen LogP contribution is 2.32. The Hall–Kier alpha value is -2.48. The monoisotopic (exact) mass is 325 g/mol. The van der Waals surface area contributed by atoms with Crippen molar-refractivity contribution in [1.82, 2.24) is 14.9 Å². The highest BCUT2D eigenvalue weighted by molar-refractivity contribution is 5.77. The third kappa shape index (κ3) is 3.38. The third-order valence-corrected chi connectivity index (χ3v) is 3.97. The first kappa shape index (κ1) is 16.4. The largest absolute Gasteiger partial charge is 0.444 e. The summed E-state index contributed by atoms with van der Waals surface area (Å²) in [4.78, 5) is 22.2. The number of benzene rings is 1. The summed E-state index contributed by atoms with van der Waals surface area (Å²) in [5, 5.41) is 0. The van der Waals surface area contributed by atoms with E-state index in [9.17, 15) is 4.79 Å². The van der Waals surface area contributed by atoms with Crippen LogP contribution >= 0.6 is 0 Å². The summed E-state index contributed by atoms with van der Waals surface area (Å²) in [5.41, 5.74) is 2.30. The Kier molecular flexibility index (Phi) is 4.23. The molecule has 1 fully saturated rings. The Labute approximate surface area is 142 Å². The van der Waals surface area contributed by atoms with Crippen LogP contribution in [-0.4, -0.2) is 33.1 Å². The summed E-state index contributed by atoms with van der Waals surface area (Å²) < 4.78 is 5.53. The second-order valence-electron chi connectivity index (χ2n) is 7.06. The third-order valence-electron chi connectivity index (χ3n) is 3.97. The van der Waals surface area contributed by atoms with Crippen molar-refractivity contribution in [3.05, 3.63) is 29.6 Å². The van der Waals surface area contributed by atoms with E-state index in [0.717, 1.165) is 35.3 Å². The number of imidazole rings is 1. The molecule has 5 heteroatoms. The lowest BCUT2D eigenvalue weighted by Crippen LogP contribution is -2.36. The Bertz CT molecular complexity index is 820. The first-order valence-corrected chi connectivity index (χ1v) is 8.29. The van der Waals surface area contributed by atoms with Crippen molar-refractivity contribution >= 4 is 17.1 Å². The van der Waals surface area contributed by atoms with Gasteiger partial charge in [-0.05, 0) is 58.7 Å². The number of hydrogen-bond acceptors (Lipinski definition) is 3. The molecule has 2 heterocycles. The summed E-state index contributed by atoms with van der Waals surface area (Å²) in [7, 11) is 0. The lowest BCUT2D eigenvalue weighted by molar-refractivity contribution is 0.0219. The van der Waals surface area contributed by atoms with Crippen LogP contribution < -0.4 is 0 Å².